The third-order valence-corrected chi connectivity index (χ3v) is 5.74. The first-order valence-corrected chi connectivity index (χ1v) is 11.1. The Balaban J connectivity index is 1.66. The number of hydrogen-bond donors (Lipinski definition) is 2. The van der Waals surface area contributed by atoms with Crippen LogP contribution in [0.5, 0.6) is 0 Å². The van der Waals surface area contributed by atoms with E-state index in [-0.39, 0.29) is 19.2 Å². The van der Waals surface area contributed by atoms with Crippen molar-refractivity contribution in [2.24, 2.45) is 10.7 Å². The van der Waals surface area contributed by atoms with Crippen LogP contribution in [-0.4, -0.2) is 63.3 Å². The highest BCUT2D eigenvalue weighted by atomic mass is 19.2. The number of halogens is 2. The van der Waals surface area contributed by atoms with Crippen LogP contribution in [0.2, 0.25) is 0 Å². The van der Waals surface area contributed by atoms with Crippen LogP contribution in [0.25, 0.3) is 11.4 Å². The summed E-state index contributed by atoms with van der Waals surface area (Å²) >= 11 is 0. The number of aromatic nitrogens is 4. The van der Waals surface area contributed by atoms with Crippen LogP contribution in [0.3, 0.4) is 0 Å². The van der Waals surface area contributed by atoms with Crippen molar-refractivity contribution in [2.75, 3.05) is 26.1 Å². The maximum atomic E-state index is 13.8. The Bertz CT molecular complexity index is 1340. The van der Waals surface area contributed by atoms with Crippen molar-refractivity contribution >= 4 is 17.8 Å². The van der Waals surface area contributed by atoms with Gasteiger partial charge in [-0.15, -0.1) is 0 Å². The molecule has 10 nitrogen and oxygen atoms in total. The van der Waals surface area contributed by atoms with Gasteiger partial charge in [0.2, 0.25) is 5.95 Å². The molecule has 12 heteroatoms. The Morgan fingerprint density at radius 1 is 1.33 bits per heavy atom. The number of aryl methyl sites for hydroxylation is 1. The summed E-state index contributed by atoms with van der Waals surface area (Å²) in [5, 5.41) is 7.51. The van der Waals surface area contributed by atoms with Crippen molar-refractivity contribution in [1.82, 2.24) is 24.6 Å². The SMILES string of the molecule is CN=C(C=CN)Nc1ncc(C)c(-c2cc3n(n2)C(=O)N(Cc2ccc(F)c(F)c2)[C@@H](COC)C3)n1. The molecule has 3 aromatic rings. The first-order valence-electron chi connectivity index (χ1n) is 11.1. The van der Waals surface area contributed by atoms with Gasteiger partial charge in [-0.2, -0.15) is 9.78 Å². The highest BCUT2D eigenvalue weighted by molar-refractivity contribution is 6.02. The topological polar surface area (TPSA) is 124 Å². The smallest absolute Gasteiger partial charge is 0.345 e. The molecule has 0 radical (unpaired) electrons. The quantitative estimate of drug-likeness (QED) is 0.381. The van der Waals surface area contributed by atoms with E-state index in [1.165, 1.54) is 16.9 Å². The molecule has 0 saturated heterocycles. The normalized spacial score (nSPS) is 16.0. The summed E-state index contributed by atoms with van der Waals surface area (Å²) in [6.45, 7) is 2.19. The zero-order valence-corrected chi connectivity index (χ0v) is 20.1. The summed E-state index contributed by atoms with van der Waals surface area (Å²) in [6.07, 6.45) is 5.03. The molecule has 1 aliphatic heterocycles. The van der Waals surface area contributed by atoms with Crippen molar-refractivity contribution in [3.8, 4) is 11.4 Å². The van der Waals surface area contributed by atoms with Gasteiger partial charge in [-0.25, -0.2) is 23.5 Å². The summed E-state index contributed by atoms with van der Waals surface area (Å²) in [6, 6.07) is 4.68. The van der Waals surface area contributed by atoms with Gasteiger partial charge in [0.1, 0.15) is 11.5 Å². The van der Waals surface area contributed by atoms with Crippen LogP contribution in [0.1, 0.15) is 16.8 Å². The molecule has 0 saturated carbocycles. The number of anilines is 1. The molecule has 3 heterocycles. The van der Waals surface area contributed by atoms with Crippen molar-refractivity contribution in [1.29, 1.82) is 0 Å². The van der Waals surface area contributed by atoms with Gasteiger partial charge in [-0.05, 0) is 48.5 Å². The minimum Gasteiger partial charge on any atom is -0.404 e. The molecule has 188 valence electrons. The molecule has 0 spiro atoms. The number of ether oxygens (including phenoxy) is 1. The molecule has 36 heavy (non-hydrogen) atoms. The third-order valence-electron chi connectivity index (χ3n) is 5.74. The van der Waals surface area contributed by atoms with Crippen molar-refractivity contribution in [2.45, 2.75) is 25.9 Å². The highest BCUT2D eigenvalue weighted by Gasteiger charge is 2.34. The number of carbonyl (C=O) groups is 1. The number of benzene rings is 1. The average molecular weight is 497 g/mol. The van der Waals surface area contributed by atoms with Gasteiger partial charge in [0.25, 0.3) is 0 Å². The van der Waals surface area contributed by atoms with Crippen molar-refractivity contribution in [3.05, 3.63) is 71.2 Å². The fourth-order valence-corrected chi connectivity index (χ4v) is 3.99. The zero-order chi connectivity index (χ0) is 25.8. The van der Waals surface area contributed by atoms with E-state index in [0.29, 0.717) is 40.9 Å². The highest BCUT2D eigenvalue weighted by Crippen LogP contribution is 2.27. The summed E-state index contributed by atoms with van der Waals surface area (Å²) in [7, 11) is 3.15. The Morgan fingerprint density at radius 3 is 2.83 bits per heavy atom. The number of carbonyl (C=O) groups excluding carboxylic acids is 1. The molecule has 1 aromatic carbocycles. The largest absolute Gasteiger partial charge is 0.404 e. The van der Waals surface area contributed by atoms with E-state index in [0.717, 1.165) is 17.7 Å². The van der Waals surface area contributed by atoms with Crippen LogP contribution in [-0.2, 0) is 17.7 Å². The number of amidine groups is 1. The molecule has 1 aliphatic rings. The molecule has 4 rings (SSSR count). The van der Waals surface area contributed by atoms with Gasteiger partial charge in [-0.3, -0.25) is 4.99 Å². The fourth-order valence-electron chi connectivity index (χ4n) is 3.99. The Labute approximate surface area is 206 Å². The van der Waals surface area contributed by atoms with E-state index < -0.39 is 17.7 Å². The van der Waals surface area contributed by atoms with E-state index in [9.17, 15) is 13.6 Å². The molecule has 0 fully saturated rings. The Kier molecular flexibility index (Phi) is 7.34. The molecule has 3 N–H and O–H groups in total. The summed E-state index contributed by atoms with van der Waals surface area (Å²) in [4.78, 5) is 27.9. The zero-order valence-electron chi connectivity index (χ0n) is 20.1. The number of fused-ring (bicyclic) bond motifs is 1. The van der Waals surface area contributed by atoms with Gasteiger partial charge >= 0.3 is 6.03 Å². The van der Waals surface area contributed by atoms with Crippen molar-refractivity contribution in [3.63, 3.8) is 0 Å². The van der Waals surface area contributed by atoms with Gasteiger partial charge < -0.3 is 20.7 Å². The second-order valence-corrected chi connectivity index (χ2v) is 8.22. The maximum absolute atomic E-state index is 13.8. The molecule has 1 atom stereocenters. The Morgan fingerprint density at radius 2 is 2.14 bits per heavy atom. The predicted molar refractivity (Wildman–Crippen MR) is 130 cm³/mol. The number of hydrogen-bond acceptors (Lipinski definition) is 7. The van der Waals surface area contributed by atoms with Gasteiger partial charge in [-0.1, -0.05) is 6.07 Å². The van der Waals surface area contributed by atoms with Crippen LogP contribution in [0, 0.1) is 18.6 Å². The molecule has 0 unspecified atom stereocenters. The lowest BCUT2D eigenvalue weighted by Crippen LogP contribution is -2.50. The van der Waals surface area contributed by atoms with E-state index in [1.54, 1.807) is 31.3 Å². The number of nitrogens with zero attached hydrogens (tertiary/aromatic N) is 6. The minimum absolute atomic E-state index is 0.0765. The lowest BCUT2D eigenvalue weighted by atomic mass is 10.1. The molecule has 0 aliphatic carbocycles. The lowest BCUT2D eigenvalue weighted by Gasteiger charge is -2.35. The van der Waals surface area contributed by atoms with Crippen LogP contribution in [0.15, 0.2) is 47.7 Å². The minimum atomic E-state index is -0.968. The monoisotopic (exact) mass is 496 g/mol. The maximum Gasteiger partial charge on any atom is 0.345 e. The number of nitrogens with one attached hydrogen (secondary N) is 1. The van der Waals surface area contributed by atoms with E-state index in [4.69, 9.17) is 10.5 Å². The number of rotatable bonds is 7. The second-order valence-electron chi connectivity index (χ2n) is 8.22. The molecule has 0 bridgehead atoms. The van der Waals surface area contributed by atoms with Gasteiger partial charge in [0, 0.05) is 33.3 Å². The van der Waals surface area contributed by atoms with Crippen LogP contribution < -0.4 is 11.1 Å². The first-order chi connectivity index (χ1) is 17.3. The third kappa shape index (κ3) is 5.08. The molecule has 2 aromatic heterocycles. The van der Waals surface area contributed by atoms with Crippen LogP contribution in [0.4, 0.5) is 19.5 Å². The molecule has 1 amide bonds. The van der Waals surface area contributed by atoms with E-state index in [1.807, 2.05) is 13.0 Å². The standard InChI is InChI=1S/C24H26F2N8O2/c1-14-11-29-23(30-21(28-2)6-7-27)31-22(14)20-10-16-9-17(13-36-3)33(24(35)34(16)32-20)12-15-4-5-18(25)19(26)8-15/h4-8,10-11,17H,9,12-13,27H2,1-3H3,(H,28,29,30,31)/t17-/m1/s1. The summed E-state index contributed by atoms with van der Waals surface area (Å²) in [5.41, 5.74) is 8.40. The molecular weight excluding hydrogens is 470 g/mol. The number of nitrogens with two attached hydrogens (primary N) is 1. The van der Waals surface area contributed by atoms with E-state index in [2.05, 4.69) is 25.4 Å². The number of amides is 1. The van der Waals surface area contributed by atoms with Gasteiger partial charge in [0.05, 0.1) is 24.0 Å². The van der Waals surface area contributed by atoms with E-state index >= 15 is 0 Å². The van der Waals surface area contributed by atoms with Crippen molar-refractivity contribution < 1.29 is 18.3 Å². The lowest BCUT2D eigenvalue weighted by molar-refractivity contribution is 0.0895. The van der Waals surface area contributed by atoms with Crippen LogP contribution >= 0.6 is 0 Å². The summed E-state index contributed by atoms with van der Waals surface area (Å²) < 4.78 is 33.8. The average Bonchev–Trinajstić information content (AvgIpc) is 3.29. The summed E-state index contributed by atoms with van der Waals surface area (Å²) in [5.74, 6) is -1.14. The predicted octanol–water partition coefficient (Wildman–Crippen LogP) is 2.88. The number of methoxy groups -OCH3 is 1. The molecular formula is C24H26F2N8O2. The Hall–Kier alpha value is -4.19. The first kappa shape index (κ1) is 24.9. The van der Waals surface area contributed by atoms with Gasteiger partial charge in [0.15, 0.2) is 11.6 Å². The second kappa shape index (κ2) is 10.6. The number of aliphatic imine (C=N–C) groups is 1. The fraction of sp³-hybridized carbons (Fsp3) is 0.292.